The van der Waals surface area contributed by atoms with Gasteiger partial charge in [-0.15, -0.1) is 0 Å². The Morgan fingerprint density at radius 1 is 1.57 bits per heavy atom. The van der Waals surface area contributed by atoms with Crippen LogP contribution in [0.5, 0.6) is 5.75 Å². The normalized spacial score (nSPS) is 16.2. The van der Waals surface area contributed by atoms with Crippen LogP contribution < -0.4 is 10.5 Å². The summed E-state index contributed by atoms with van der Waals surface area (Å²) in [4.78, 5) is 0. The number of hydrogen-bond donors (Lipinski definition) is 2. The van der Waals surface area contributed by atoms with E-state index in [0.29, 0.717) is 0 Å². The summed E-state index contributed by atoms with van der Waals surface area (Å²) < 4.78 is 5.48. The molecule has 3 nitrogen and oxygen atoms in total. The number of rotatable bonds is 2. The van der Waals surface area contributed by atoms with Gasteiger partial charge in [0, 0.05) is 13.0 Å². The molecule has 0 saturated heterocycles. The van der Waals surface area contributed by atoms with Gasteiger partial charge in [-0.05, 0) is 35.7 Å². The van der Waals surface area contributed by atoms with Crippen LogP contribution >= 0.6 is 0 Å². The summed E-state index contributed by atoms with van der Waals surface area (Å²) in [6, 6.07) is 3.94. The van der Waals surface area contributed by atoms with E-state index in [-0.39, 0.29) is 6.54 Å². The Morgan fingerprint density at radius 2 is 2.36 bits per heavy atom. The van der Waals surface area contributed by atoms with Gasteiger partial charge in [0.05, 0.1) is 12.7 Å². The highest BCUT2D eigenvalue weighted by Crippen LogP contribution is 2.31. The number of ether oxygens (including phenoxy) is 1. The van der Waals surface area contributed by atoms with Crippen molar-refractivity contribution in [1.29, 1.82) is 0 Å². The summed E-state index contributed by atoms with van der Waals surface area (Å²) in [5, 5.41) is 9.62. The summed E-state index contributed by atoms with van der Waals surface area (Å²) in [6.45, 7) is 3.01. The fraction of sp³-hybridized carbons (Fsp3) is 0.455. The van der Waals surface area contributed by atoms with E-state index in [9.17, 15) is 5.11 Å². The molecule has 3 N–H and O–H groups in total. The Balaban J connectivity index is 2.41. The molecule has 1 unspecified atom stereocenters. The monoisotopic (exact) mass is 193 g/mol. The zero-order chi connectivity index (χ0) is 10.1. The van der Waals surface area contributed by atoms with Crippen LogP contribution in [-0.2, 0) is 6.42 Å². The van der Waals surface area contributed by atoms with Crippen LogP contribution in [0.1, 0.15) is 22.8 Å². The SMILES string of the molecule is Cc1cc(C(O)CN)cc2c1OCC2. The highest BCUT2D eigenvalue weighted by molar-refractivity contribution is 5.46. The van der Waals surface area contributed by atoms with Gasteiger partial charge in [0.15, 0.2) is 0 Å². The third-order valence-electron chi connectivity index (χ3n) is 2.60. The molecule has 0 aliphatic carbocycles. The van der Waals surface area contributed by atoms with Gasteiger partial charge in [-0.3, -0.25) is 0 Å². The summed E-state index contributed by atoms with van der Waals surface area (Å²) in [5.74, 6) is 0.984. The first kappa shape index (κ1) is 9.49. The van der Waals surface area contributed by atoms with Crippen molar-refractivity contribution >= 4 is 0 Å². The molecular weight excluding hydrogens is 178 g/mol. The van der Waals surface area contributed by atoms with E-state index in [1.54, 1.807) is 0 Å². The molecule has 1 aromatic rings. The number of nitrogens with two attached hydrogens (primary N) is 1. The quantitative estimate of drug-likeness (QED) is 0.734. The minimum absolute atomic E-state index is 0.263. The van der Waals surface area contributed by atoms with Gasteiger partial charge >= 0.3 is 0 Å². The number of aliphatic hydroxyl groups is 1. The van der Waals surface area contributed by atoms with Crippen molar-refractivity contribution in [2.45, 2.75) is 19.4 Å². The molecule has 1 atom stereocenters. The molecule has 0 fully saturated rings. The molecule has 0 saturated carbocycles. The first-order valence-corrected chi connectivity index (χ1v) is 4.86. The van der Waals surface area contributed by atoms with Crippen LogP contribution in [0.15, 0.2) is 12.1 Å². The molecule has 0 amide bonds. The molecule has 0 spiro atoms. The second kappa shape index (κ2) is 3.59. The van der Waals surface area contributed by atoms with Crippen molar-refractivity contribution in [3.8, 4) is 5.75 Å². The third-order valence-corrected chi connectivity index (χ3v) is 2.60. The first-order chi connectivity index (χ1) is 6.72. The molecule has 2 rings (SSSR count). The van der Waals surface area contributed by atoms with E-state index < -0.39 is 6.10 Å². The molecule has 1 aromatic carbocycles. The molecule has 1 aliphatic heterocycles. The van der Waals surface area contributed by atoms with Crippen LogP contribution in [0.3, 0.4) is 0 Å². The Bertz CT molecular complexity index is 349. The lowest BCUT2D eigenvalue weighted by Crippen LogP contribution is -2.11. The summed E-state index contributed by atoms with van der Waals surface area (Å²) >= 11 is 0. The topological polar surface area (TPSA) is 55.5 Å². The van der Waals surface area contributed by atoms with Gasteiger partial charge in [0.25, 0.3) is 0 Å². The Morgan fingerprint density at radius 3 is 3.07 bits per heavy atom. The van der Waals surface area contributed by atoms with Crippen molar-refractivity contribution in [2.24, 2.45) is 5.73 Å². The third kappa shape index (κ3) is 1.49. The second-order valence-electron chi connectivity index (χ2n) is 3.68. The van der Waals surface area contributed by atoms with Gasteiger partial charge in [0.2, 0.25) is 0 Å². The summed E-state index contributed by atoms with van der Waals surface area (Å²) in [7, 11) is 0. The second-order valence-corrected chi connectivity index (χ2v) is 3.68. The van der Waals surface area contributed by atoms with Crippen molar-refractivity contribution < 1.29 is 9.84 Å². The van der Waals surface area contributed by atoms with Gasteiger partial charge < -0.3 is 15.6 Å². The van der Waals surface area contributed by atoms with Crippen molar-refractivity contribution in [3.63, 3.8) is 0 Å². The first-order valence-electron chi connectivity index (χ1n) is 4.86. The van der Waals surface area contributed by atoms with Crippen LogP contribution in [0.4, 0.5) is 0 Å². The van der Waals surface area contributed by atoms with E-state index in [1.165, 1.54) is 5.56 Å². The van der Waals surface area contributed by atoms with E-state index >= 15 is 0 Å². The molecular formula is C11H15NO2. The van der Waals surface area contributed by atoms with Crippen molar-refractivity contribution in [2.75, 3.05) is 13.2 Å². The maximum Gasteiger partial charge on any atom is 0.125 e. The number of aryl methyl sites for hydroxylation is 1. The molecule has 0 bridgehead atoms. The lowest BCUT2D eigenvalue weighted by molar-refractivity contribution is 0.186. The van der Waals surface area contributed by atoms with Crippen LogP contribution in [0, 0.1) is 6.92 Å². The predicted octanol–water partition coefficient (Wildman–Crippen LogP) is 0.922. The summed E-state index contributed by atoms with van der Waals surface area (Å²) in [6.07, 6.45) is 0.376. The highest BCUT2D eigenvalue weighted by Gasteiger charge is 2.17. The predicted molar refractivity (Wildman–Crippen MR) is 54.4 cm³/mol. The number of benzene rings is 1. The van der Waals surface area contributed by atoms with E-state index in [4.69, 9.17) is 10.5 Å². The molecule has 1 aliphatic rings. The van der Waals surface area contributed by atoms with Crippen molar-refractivity contribution in [1.82, 2.24) is 0 Å². The summed E-state index contributed by atoms with van der Waals surface area (Å²) in [5.41, 5.74) is 8.59. The van der Waals surface area contributed by atoms with Gasteiger partial charge in [-0.1, -0.05) is 0 Å². The molecule has 0 radical (unpaired) electrons. The van der Waals surface area contributed by atoms with E-state index in [0.717, 1.165) is 29.9 Å². The zero-order valence-electron chi connectivity index (χ0n) is 8.29. The largest absolute Gasteiger partial charge is 0.493 e. The number of hydrogen-bond acceptors (Lipinski definition) is 3. The van der Waals surface area contributed by atoms with Gasteiger partial charge in [-0.25, -0.2) is 0 Å². The maximum absolute atomic E-state index is 9.62. The average molecular weight is 193 g/mol. The van der Waals surface area contributed by atoms with Crippen LogP contribution in [0.2, 0.25) is 0 Å². The van der Waals surface area contributed by atoms with Crippen molar-refractivity contribution in [3.05, 3.63) is 28.8 Å². The average Bonchev–Trinajstić information content (AvgIpc) is 2.64. The number of aliphatic hydroxyl groups excluding tert-OH is 1. The Hall–Kier alpha value is -1.06. The minimum Gasteiger partial charge on any atom is -0.493 e. The smallest absolute Gasteiger partial charge is 0.125 e. The molecule has 0 aromatic heterocycles. The number of fused-ring (bicyclic) bond motifs is 1. The van der Waals surface area contributed by atoms with E-state index in [2.05, 4.69) is 0 Å². The highest BCUT2D eigenvalue weighted by atomic mass is 16.5. The van der Waals surface area contributed by atoms with Gasteiger partial charge in [-0.2, -0.15) is 0 Å². The van der Waals surface area contributed by atoms with Crippen LogP contribution in [-0.4, -0.2) is 18.3 Å². The molecule has 1 heterocycles. The molecule has 3 heteroatoms. The molecule has 14 heavy (non-hydrogen) atoms. The minimum atomic E-state index is -0.556. The Kier molecular flexibility index (Phi) is 2.44. The van der Waals surface area contributed by atoms with Gasteiger partial charge in [0.1, 0.15) is 5.75 Å². The Labute approximate surface area is 83.5 Å². The zero-order valence-corrected chi connectivity index (χ0v) is 8.29. The fourth-order valence-corrected chi connectivity index (χ4v) is 1.86. The maximum atomic E-state index is 9.62. The molecule has 76 valence electrons. The van der Waals surface area contributed by atoms with Crippen LogP contribution in [0.25, 0.3) is 0 Å². The lowest BCUT2D eigenvalue weighted by atomic mass is 10.0. The standard InChI is InChI=1S/C11H15NO2/c1-7-4-9(10(13)6-12)5-8-2-3-14-11(7)8/h4-5,10,13H,2-3,6,12H2,1H3. The van der Waals surface area contributed by atoms with E-state index in [1.807, 2.05) is 19.1 Å². The lowest BCUT2D eigenvalue weighted by Gasteiger charge is -2.11. The fourth-order valence-electron chi connectivity index (χ4n) is 1.86.